The second-order valence-corrected chi connectivity index (χ2v) is 17.7. The highest BCUT2D eigenvalue weighted by atomic mass is 16.5. The lowest BCUT2D eigenvalue weighted by atomic mass is 9.88. The van der Waals surface area contributed by atoms with E-state index >= 15 is 0 Å². The Morgan fingerprint density at radius 3 is 1.25 bits per heavy atom. The monoisotopic (exact) mass is 682 g/mol. The average Bonchev–Trinajstić information content (AvgIpc) is 2.83. The second kappa shape index (κ2) is 22.3. The zero-order valence-electron chi connectivity index (χ0n) is 33.9. The van der Waals surface area contributed by atoms with Gasteiger partial charge in [0, 0.05) is 16.6 Å². The summed E-state index contributed by atoms with van der Waals surface area (Å²) >= 11 is 0. The van der Waals surface area contributed by atoms with E-state index in [1.54, 1.807) is 18.2 Å². The molecule has 282 valence electrons. The van der Waals surface area contributed by atoms with Gasteiger partial charge in [-0.05, 0) is 85.5 Å². The third-order valence-corrected chi connectivity index (χ3v) is 5.66. The van der Waals surface area contributed by atoms with Crippen LogP contribution in [0.1, 0.15) is 124 Å². The molecule has 0 heterocycles. The molecule has 0 aliphatic carbocycles. The molecule has 3 N–H and O–H groups in total. The number of ether oxygens (including phenoxy) is 3. The van der Waals surface area contributed by atoms with Crippen LogP contribution in [0.3, 0.4) is 0 Å². The summed E-state index contributed by atoms with van der Waals surface area (Å²) in [6.07, 6.45) is 4.41. The van der Waals surface area contributed by atoms with Crippen LogP contribution in [0.25, 0.3) is 0 Å². The van der Waals surface area contributed by atoms with Crippen molar-refractivity contribution in [3.63, 3.8) is 0 Å². The fourth-order valence-electron chi connectivity index (χ4n) is 3.92. The molecule has 0 bridgehead atoms. The summed E-state index contributed by atoms with van der Waals surface area (Å²) in [4.78, 5) is 35.9. The summed E-state index contributed by atoms with van der Waals surface area (Å²) in [5.41, 5.74) is -0.857. The highest BCUT2D eigenvalue weighted by molar-refractivity contribution is 5.82. The minimum absolute atomic E-state index is 0.0470. The predicted molar refractivity (Wildman–Crippen MR) is 202 cm³/mol. The van der Waals surface area contributed by atoms with E-state index in [-0.39, 0.29) is 51.1 Å². The maximum atomic E-state index is 12.1. The zero-order chi connectivity index (χ0) is 38.7. The highest BCUT2D eigenvalue weighted by Gasteiger charge is 2.34. The molecule has 3 amide bonds. The molecule has 9 nitrogen and oxygen atoms in total. The molecule has 0 spiro atoms. The van der Waals surface area contributed by atoms with Crippen molar-refractivity contribution < 1.29 is 28.6 Å². The SMILES string of the molecule is C=CCOC(C(=O)NC(C)(C)C)C(C)(C)C.C=CCOC(C(=O)NC(C)(C)C)C(C)C.C=CCOC(CC(C)(C)C)C(=O)NC(C)(C)C. The van der Waals surface area contributed by atoms with E-state index in [9.17, 15) is 14.4 Å². The van der Waals surface area contributed by atoms with E-state index in [0.29, 0.717) is 26.2 Å². The first kappa shape index (κ1) is 49.9. The summed E-state index contributed by atoms with van der Waals surface area (Å²) in [5, 5.41) is 8.80. The number of amides is 3. The van der Waals surface area contributed by atoms with Gasteiger partial charge in [-0.25, -0.2) is 0 Å². The molecule has 0 aromatic rings. The summed E-state index contributed by atoms with van der Waals surface area (Å²) in [7, 11) is 0. The van der Waals surface area contributed by atoms with Crippen LogP contribution in [-0.4, -0.2) is 72.5 Å². The minimum Gasteiger partial charge on any atom is -0.364 e. The van der Waals surface area contributed by atoms with Crippen LogP contribution >= 0.6 is 0 Å². The fraction of sp³-hybridized carbons (Fsp3) is 0.769. The second-order valence-electron chi connectivity index (χ2n) is 17.7. The molecule has 0 aromatic heterocycles. The molecule has 0 fully saturated rings. The van der Waals surface area contributed by atoms with Gasteiger partial charge in [-0.1, -0.05) is 73.6 Å². The smallest absolute Gasteiger partial charge is 0.250 e. The molecule has 0 radical (unpaired) electrons. The fourth-order valence-corrected chi connectivity index (χ4v) is 3.92. The molecule has 0 aromatic carbocycles. The van der Waals surface area contributed by atoms with Crippen molar-refractivity contribution >= 4 is 17.7 Å². The van der Waals surface area contributed by atoms with Gasteiger partial charge in [0.05, 0.1) is 19.8 Å². The molecule has 3 atom stereocenters. The third-order valence-electron chi connectivity index (χ3n) is 5.66. The summed E-state index contributed by atoms with van der Waals surface area (Å²) in [6.45, 7) is 45.8. The quantitative estimate of drug-likeness (QED) is 0.163. The Hall–Kier alpha value is -2.49. The first-order valence-electron chi connectivity index (χ1n) is 17.0. The number of carbonyl (C=O) groups is 3. The minimum atomic E-state index is -0.454. The average molecular weight is 682 g/mol. The molecule has 0 saturated heterocycles. The Labute approximate surface area is 295 Å². The molecule has 9 heteroatoms. The molecule has 0 aliphatic rings. The van der Waals surface area contributed by atoms with Gasteiger partial charge in [-0.2, -0.15) is 0 Å². The molecule has 48 heavy (non-hydrogen) atoms. The molecule has 3 unspecified atom stereocenters. The van der Waals surface area contributed by atoms with Crippen molar-refractivity contribution in [2.24, 2.45) is 16.7 Å². The first-order chi connectivity index (χ1) is 21.4. The van der Waals surface area contributed by atoms with E-state index in [4.69, 9.17) is 14.2 Å². The van der Waals surface area contributed by atoms with Crippen LogP contribution in [0.5, 0.6) is 0 Å². The van der Waals surface area contributed by atoms with Crippen LogP contribution in [0.4, 0.5) is 0 Å². The lowest BCUT2D eigenvalue weighted by Gasteiger charge is -2.32. The molecular formula is C39H75N3O6. The van der Waals surface area contributed by atoms with E-state index in [1.807, 2.05) is 96.9 Å². The normalized spacial score (nSPS) is 14.1. The van der Waals surface area contributed by atoms with Crippen molar-refractivity contribution in [1.82, 2.24) is 16.0 Å². The van der Waals surface area contributed by atoms with Gasteiger partial charge in [0.15, 0.2) is 0 Å². The first-order valence-corrected chi connectivity index (χ1v) is 17.0. The van der Waals surface area contributed by atoms with Crippen LogP contribution in [0, 0.1) is 16.7 Å². The van der Waals surface area contributed by atoms with Gasteiger partial charge in [0.2, 0.25) is 17.7 Å². The Balaban J connectivity index is -0.000000634. The Kier molecular flexibility index (Phi) is 23.1. The Morgan fingerprint density at radius 1 is 0.562 bits per heavy atom. The van der Waals surface area contributed by atoms with Gasteiger partial charge >= 0.3 is 0 Å². The lowest BCUT2D eigenvalue weighted by Crippen LogP contribution is -2.50. The van der Waals surface area contributed by atoms with E-state index < -0.39 is 18.3 Å². The van der Waals surface area contributed by atoms with E-state index in [0.717, 1.165) is 0 Å². The van der Waals surface area contributed by atoms with Gasteiger partial charge < -0.3 is 30.2 Å². The summed E-state index contributed by atoms with van der Waals surface area (Å²) in [6, 6.07) is 0. The number of carbonyl (C=O) groups excluding carboxylic acids is 3. The van der Waals surface area contributed by atoms with Gasteiger partial charge in [0.1, 0.15) is 18.3 Å². The van der Waals surface area contributed by atoms with Gasteiger partial charge in [0.25, 0.3) is 0 Å². The third kappa shape index (κ3) is 29.6. The molecule has 0 saturated carbocycles. The topological polar surface area (TPSA) is 115 Å². The van der Waals surface area contributed by atoms with Crippen LogP contribution in [-0.2, 0) is 28.6 Å². The van der Waals surface area contributed by atoms with Crippen molar-refractivity contribution in [1.29, 1.82) is 0 Å². The zero-order valence-corrected chi connectivity index (χ0v) is 33.9. The standard InChI is InChI=1S/C14H27NO2.C13H25NO2.C12H23NO2/c1-8-9-17-11(10-13(2,3)4)12(16)15-14(5,6)7;1-8-9-16-10(12(2,3)4)11(15)14-13(5,6)7;1-7-8-15-10(9(2)3)11(14)13-12(4,5)6/h8,11H,1,9-10H2,2-7H3,(H,15,16);8,10H,1,9H2,2-7H3,(H,14,15);7,9-10H,1,8H2,2-6H3,(H,13,14). The van der Waals surface area contributed by atoms with Crippen molar-refractivity contribution in [3.8, 4) is 0 Å². The number of nitrogens with one attached hydrogen (secondary N) is 3. The van der Waals surface area contributed by atoms with Crippen LogP contribution < -0.4 is 16.0 Å². The van der Waals surface area contributed by atoms with Gasteiger partial charge in [-0.3, -0.25) is 14.4 Å². The lowest BCUT2D eigenvalue weighted by molar-refractivity contribution is -0.140. The Bertz CT molecular complexity index is 970. The van der Waals surface area contributed by atoms with E-state index in [2.05, 4.69) is 56.5 Å². The maximum absolute atomic E-state index is 12.1. The summed E-state index contributed by atoms with van der Waals surface area (Å²) in [5.74, 6) is -0.0113. The van der Waals surface area contributed by atoms with Crippen LogP contribution in [0.15, 0.2) is 38.0 Å². The van der Waals surface area contributed by atoms with Crippen molar-refractivity contribution in [3.05, 3.63) is 38.0 Å². The number of rotatable bonds is 14. The van der Waals surface area contributed by atoms with Crippen molar-refractivity contribution in [2.75, 3.05) is 19.8 Å². The van der Waals surface area contributed by atoms with Crippen molar-refractivity contribution in [2.45, 2.75) is 159 Å². The largest absolute Gasteiger partial charge is 0.364 e. The molecule has 0 aliphatic heterocycles. The highest BCUT2D eigenvalue weighted by Crippen LogP contribution is 2.24. The summed E-state index contributed by atoms with van der Waals surface area (Å²) < 4.78 is 16.5. The van der Waals surface area contributed by atoms with Crippen LogP contribution in [0.2, 0.25) is 0 Å². The van der Waals surface area contributed by atoms with E-state index in [1.165, 1.54) is 0 Å². The molecule has 0 rings (SSSR count). The Morgan fingerprint density at radius 2 is 0.917 bits per heavy atom. The van der Waals surface area contributed by atoms with Gasteiger partial charge in [-0.15, -0.1) is 19.7 Å². The molecular weight excluding hydrogens is 606 g/mol. The maximum Gasteiger partial charge on any atom is 0.250 e. The number of hydrogen-bond donors (Lipinski definition) is 3. The predicted octanol–water partition coefficient (Wildman–Crippen LogP) is 7.56. The number of hydrogen-bond acceptors (Lipinski definition) is 6.